The van der Waals surface area contributed by atoms with E-state index >= 15 is 0 Å². The van der Waals surface area contributed by atoms with Gasteiger partial charge in [-0.3, -0.25) is 9.30 Å². The molecule has 110 valence electrons. The van der Waals surface area contributed by atoms with Gasteiger partial charge in [0, 0.05) is 48.6 Å². The van der Waals surface area contributed by atoms with Crippen LogP contribution in [0.4, 0.5) is 5.82 Å². The highest BCUT2D eigenvalue weighted by Crippen LogP contribution is 2.28. The van der Waals surface area contributed by atoms with Gasteiger partial charge in [-0.25, -0.2) is 4.98 Å². The number of rotatable bonds is 2. The van der Waals surface area contributed by atoms with E-state index in [0.29, 0.717) is 0 Å². The number of piperazine rings is 1. The molecule has 0 saturated carbocycles. The number of fused-ring (bicyclic) bond motifs is 1. The fourth-order valence-corrected chi connectivity index (χ4v) is 4.04. The summed E-state index contributed by atoms with van der Waals surface area (Å²) >= 11 is 5.31. The van der Waals surface area contributed by atoms with Crippen LogP contribution < -0.4 is 4.90 Å². The van der Waals surface area contributed by atoms with Crippen molar-refractivity contribution < 1.29 is 0 Å². The van der Waals surface area contributed by atoms with Crippen LogP contribution in [0.3, 0.4) is 0 Å². The molecule has 2 aromatic rings. The lowest BCUT2D eigenvalue weighted by atomic mass is 10.1. The number of nitrogens with zero attached hydrogens (tertiary/aromatic N) is 4. The van der Waals surface area contributed by atoms with Crippen LogP contribution in [-0.4, -0.2) is 46.0 Å². The van der Waals surface area contributed by atoms with Crippen molar-refractivity contribution in [1.82, 2.24) is 14.3 Å². The number of anilines is 1. The maximum atomic E-state index is 4.81. The molecular formula is C14H21BrN4S. The van der Waals surface area contributed by atoms with Gasteiger partial charge in [0.2, 0.25) is 0 Å². The van der Waals surface area contributed by atoms with Crippen LogP contribution >= 0.6 is 27.3 Å². The van der Waals surface area contributed by atoms with E-state index in [-0.39, 0.29) is 5.54 Å². The Balaban J connectivity index is 1.81. The molecular weight excluding hydrogens is 336 g/mol. The predicted molar refractivity (Wildman–Crippen MR) is 89.2 cm³/mol. The number of halogens is 1. The van der Waals surface area contributed by atoms with E-state index in [4.69, 9.17) is 4.98 Å². The summed E-state index contributed by atoms with van der Waals surface area (Å²) in [6, 6.07) is 0. The largest absolute Gasteiger partial charge is 0.352 e. The lowest BCUT2D eigenvalue weighted by Crippen LogP contribution is -2.53. The molecule has 0 radical (unpaired) electrons. The van der Waals surface area contributed by atoms with Gasteiger partial charge in [-0.05, 0) is 20.8 Å². The van der Waals surface area contributed by atoms with E-state index in [1.807, 2.05) is 0 Å². The molecule has 1 aliphatic rings. The molecule has 1 fully saturated rings. The fourth-order valence-electron chi connectivity index (χ4n) is 2.79. The Morgan fingerprint density at radius 3 is 2.55 bits per heavy atom. The van der Waals surface area contributed by atoms with Gasteiger partial charge in [0.25, 0.3) is 0 Å². The fraction of sp³-hybridized carbons (Fsp3) is 0.643. The van der Waals surface area contributed by atoms with Gasteiger partial charge in [-0.15, -0.1) is 11.3 Å². The molecule has 20 heavy (non-hydrogen) atoms. The van der Waals surface area contributed by atoms with Crippen molar-refractivity contribution in [3.05, 3.63) is 17.3 Å². The molecule has 0 aromatic carbocycles. The molecule has 0 atom stereocenters. The van der Waals surface area contributed by atoms with Crippen molar-refractivity contribution in [3.63, 3.8) is 0 Å². The van der Waals surface area contributed by atoms with Gasteiger partial charge in [0.05, 0.1) is 5.69 Å². The van der Waals surface area contributed by atoms with Gasteiger partial charge in [-0.1, -0.05) is 15.9 Å². The minimum Gasteiger partial charge on any atom is -0.352 e. The average Bonchev–Trinajstić information content (AvgIpc) is 2.97. The quantitative estimate of drug-likeness (QED) is 0.772. The Kier molecular flexibility index (Phi) is 3.81. The van der Waals surface area contributed by atoms with E-state index in [1.54, 1.807) is 11.3 Å². The molecule has 3 rings (SSSR count). The summed E-state index contributed by atoms with van der Waals surface area (Å²) in [7, 11) is 0. The topological polar surface area (TPSA) is 23.8 Å². The molecule has 1 saturated heterocycles. The zero-order valence-corrected chi connectivity index (χ0v) is 14.7. The molecule has 0 unspecified atom stereocenters. The number of aromatic nitrogens is 2. The number of thiazole rings is 1. The van der Waals surface area contributed by atoms with Crippen LogP contribution in [0.1, 0.15) is 26.5 Å². The summed E-state index contributed by atoms with van der Waals surface area (Å²) in [5.74, 6) is 1.15. The standard InChI is InChI=1S/C14H21BrN4S/c1-14(2,3)18-6-4-17(5-7-18)12-11(10-15)19-8-9-20-13(19)16-12/h8-9H,4-7,10H2,1-3H3. The van der Waals surface area contributed by atoms with Crippen molar-refractivity contribution >= 4 is 38.0 Å². The minimum atomic E-state index is 0.263. The third-order valence-corrected chi connectivity index (χ3v) is 5.28. The zero-order valence-electron chi connectivity index (χ0n) is 12.3. The number of hydrogen-bond donors (Lipinski definition) is 0. The molecule has 3 heterocycles. The van der Waals surface area contributed by atoms with Crippen LogP contribution in [0.25, 0.3) is 4.96 Å². The monoisotopic (exact) mass is 356 g/mol. The summed E-state index contributed by atoms with van der Waals surface area (Å²) in [5, 5.41) is 2.94. The Hall–Kier alpha value is -0.590. The molecule has 0 bridgehead atoms. The van der Waals surface area contributed by atoms with Gasteiger partial charge < -0.3 is 4.90 Å². The SMILES string of the molecule is CC(C)(C)N1CCN(c2nc3sccn3c2CBr)CC1. The first-order valence-corrected chi connectivity index (χ1v) is 9.01. The van der Waals surface area contributed by atoms with E-state index in [2.05, 4.69) is 62.5 Å². The predicted octanol–water partition coefficient (Wildman–Crippen LogP) is 3.21. The second kappa shape index (κ2) is 5.31. The summed E-state index contributed by atoms with van der Waals surface area (Å²) in [5.41, 5.74) is 1.53. The zero-order chi connectivity index (χ0) is 14.3. The van der Waals surface area contributed by atoms with Crippen molar-refractivity contribution in [2.24, 2.45) is 0 Å². The highest BCUT2D eigenvalue weighted by Gasteiger charge is 2.28. The highest BCUT2D eigenvalue weighted by atomic mass is 79.9. The lowest BCUT2D eigenvalue weighted by molar-refractivity contribution is 0.128. The molecule has 0 amide bonds. The summed E-state index contributed by atoms with van der Waals surface area (Å²) in [6.07, 6.45) is 2.11. The second-order valence-corrected chi connectivity index (χ2v) is 7.65. The Bertz CT molecular complexity index is 590. The van der Waals surface area contributed by atoms with Crippen LogP contribution in [-0.2, 0) is 5.33 Å². The third kappa shape index (κ3) is 2.49. The van der Waals surface area contributed by atoms with Gasteiger partial charge in [-0.2, -0.15) is 0 Å². The smallest absolute Gasteiger partial charge is 0.195 e. The van der Waals surface area contributed by atoms with E-state index in [9.17, 15) is 0 Å². The van der Waals surface area contributed by atoms with Crippen molar-refractivity contribution in [2.75, 3.05) is 31.1 Å². The Morgan fingerprint density at radius 2 is 1.95 bits per heavy atom. The van der Waals surface area contributed by atoms with Gasteiger partial charge in [0.1, 0.15) is 0 Å². The van der Waals surface area contributed by atoms with Crippen molar-refractivity contribution in [2.45, 2.75) is 31.6 Å². The maximum absolute atomic E-state index is 4.81. The lowest BCUT2D eigenvalue weighted by Gasteiger charge is -2.42. The molecule has 0 N–H and O–H groups in total. The number of imidazole rings is 1. The van der Waals surface area contributed by atoms with Crippen LogP contribution in [0, 0.1) is 0 Å². The Morgan fingerprint density at radius 1 is 1.25 bits per heavy atom. The van der Waals surface area contributed by atoms with Crippen LogP contribution in [0.5, 0.6) is 0 Å². The van der Waals surface area contributed by atoms with Crippen molar-refractivity contribution in [1.29, 1.82) is 0 Å². The van der Waals surface area contributed by atoms with Crippen LogP contribution in [0.15, 0.2) is 11.6 Å². The summed E-state index contributed by atoms with van der Waals surface area (Å²) < 4.78 is 2.20. The first-order chi connectivity index (χ1) is 9.50. The third-order valence-electron chi connectivity index (χ3n) is 3.99. The average molecular weight is 357 g/mol. The molecule has 4 nitrogen and oxygen atoms in total. The minimum absolute atomic E-state index is 0.263. The first kappa shape index (κ1) is 14.4. The second-order valence-electron chi connectivity index (χ2n) is 6.22. The first-order valence-electron chi connectivity index (χ1n) is 7.01. The normalized spacial score (nSPS) is 18.1. The van der Waals surface area contributed by atoms with E-state index < -0.39 is 0 Å². The number of alkyl halides is 1. The molecule has 0 spiro atoms. The van der Waals surface area contributed by atoms with E-state index in [1.165, 1.54) is 5.69 Å². The summed E-state index contributed by atoms with van der Waals surface area (Å²) in [6.45, 7) is 11.2. The maximum Gasteiger partial charge on any atom is 0.195 e. The Labute approximate surface area is 132 Å². The highest BCUT2D eigenvalue weighted by molar-refractivity contribution is 9.08. The summed E-state index contributed by atoms with van der Waals surface area (Å²) in [4.78, 5) is 10.9. The number of hydrogen-bond acceptors (Lipinski definition) is 4. The van der Waals surface area contributed by atoms with Gasteiger partial charge in [0.15, 0.2) is 10.8 Å². The molecule has 2 aromatic heterocycles. The van der Waals surface area contributed by atoms with Gasteiger partial charge >= 0.3 is 0 Å². The van der Waals surface area contributed by atoms with Crippen LogP contribution in [0.2, 0.25) is 0 Å². The van der Waals surface area contributed by atoms with E-state index in [0.717, 1.165) is 42.3 Å². The van der Waals surface area contributed by atoms with Crippen molar-refractivity contribution in [3.8, 4) is 0 Å². The molecule has 1 aliphatic heterocycles. The molecule has 6 heteroatoms. The molecule has 0 aliphatic carbocycles.